The van der Waals surface area contributed by atoms with Crippen LogP contribution in [0.4, 0.5) is 0 Å². The van der Waals surface area contributed by atoms with Gasteiger partial charge in [0.15, 0.2) is 0 Å². The average molecular weight is 306 g/mol. The normalized spacial score (nSPS) is 27.5. The zero-order chi connectivity index (χ0) is 15.4. The average Bonchev–Trinajstić information content (AvgIpc) is 3.17. The molecule has 4 heteroatoms. The van der Waals surface area contributed by atoms with Crippen molar-refractivity contribution in [2.24, 2.45) is 11.8 Å². The van der Waals surface area contributed by atoms with Crippen molar-refractivity contribution in [2.75, 3.05) is 13.1 Å². The molecule has 3 aliphatic rings. The van der Waals surface area contributed by atoms with Gasteiger partial charge in [0.1, 0.15) is 0 Å². The Morgan fingerprint density at radius 1 is 1.05 bits per heavy atom. The van der Waals surface area contributed by atoms with E-state index in [9.17, 15) is 9.59 Å². The van der Waals surface area contributed by atoms with Crippen LogP contribution in [0.2, 0.25) is 0 Å². The molecule has 0 bridgehead atoms. The molecule has 2 aliphatic carbocycles. The number of nitrogens with zero attached hydrogens (tertiary/aromatic N) is 1. The molecule has 1 heterocycles. The third-order valence-electron chi connectivity index (χ3n) is 5.87. The zero-order valence-electron chi connectivity index (χ0n) is 13.7. The van der Waals surface area contributed by atoms with Gasteiger partial charge in [0.25, 0.3) is 0 Å². The van der Waals surface area contributed by atoms with Gasteiger partial charge in [-0.25, -0.2) is 0 Å². The lowest BCUT2D eigenvalue weighted by molar-refractivity contribution is -0.130. The monoisotopic (exact) mass is 306 g/mol. The largest absolute Gasteiger partial charge is 0.356 e. The van der Waals surface area contributed by atoms with Crippen LogP contribution in [-0.4, -0.2) is 35.8 Å². The molecule has 0 unspecified atom stereocenters. The Morgan fingerprint density at radius 3 is 2.45 bits per heavy atom. The topological polar surface area (TPSA) is 49.4 Å². The standard InChI is InChI=1S/C18H30N2O2/c21-17-12-15(13-20(17)16-8-4-5-9-16)18(22)19-11-10-14-6-2-1-3-7-14/h14-16H,1-13H2,(H,19,22)/t15-/m0/s1. The second-order valence-electron chi connectivity index (χ2n) is 7.47. The van der Waals surface area contributed by atoms with Crippen LogP contribution in [0.1, 0.15) is 70.6 Å². The molecule has 4 nitrogen and oxygen atoms in total. The quantitative estimate of drug-likeness (QED) is 0.849. The van der Waals surface area contributed by atoms with Crippen molar-refractivity contribution in [1.82, 2.24) is 10.2 Å². The molecule has 0 radical (unpaired) electrons. The number of hydrogen-bond acceptors (Lipinski definition) is 2. The number of hydrogen-bond donors (Lipinski definition) is 1. The van der Waals surface area contributed by atoms with E-state index in [2.05, 4.69) is 5.32 Å². The molecule has 3 fully saturated rings. The smallest absolute Gasteiger partial charge is 0.225 e. The molecule has 1 N–H and O–H groups in total. The highest BCUT2D eigenvalue weighted by molar-refractivity contribution is 5.89. The Kier molecular flexibility index (Phi) is 5.37. The van der Waals surface area contributed by atoms with Crippen LogP contribution >= 0.6 is 0 Å². The molecule has 2 amide bonds. The second kappa shape index (κ2) is 7.47. The second-order valence-corrected chi connectivity index (χ2v) is 7.47. The Balaban J connectivity index is 1.39. The highest BCUT2D eigenvalue weighted by atomic mass is 16.2. The van der Waals surface area contributed by atoms with Crippen LogP contribution in [0.5, 0.6) is 0 Å². The molecule has 0 aromatic rings. The number of rotatable bonds is 5. The molecule has 0 aromatic heterocycles. The predicted molar refractivity (Wildman–Crippen MR) is 86.3 cm³/mol. The summed E-state index contributed by atoms with van der Waals surface area (Å²) >= 11 is 0. The maximum absolute atomic E-state index is 12.3. The summed E-state index contributed by atoms with van der Waals surface area (Å²) in [6, 6.07) is 0.410. The molecule has 1 atom stereocenters. The summed E-state index contributed by atoms with van der Waals surface area (Å²) in [6.07, 6.45) is 13.0. The van der Waals surface area contributed by atoms with Crippen LogP contribution < -0.4 is 5.32 Å². The third kappa shape index (κ3) is 3.82. The van der Waals surface area contributed by atoms with Crippen LogP contribution in [0.15, 0.2) is 0 Å². The fourth-order valence-corrected chi connectivity index (χ4v) is 4.50. The lowest BCUT2D eigenvalue weighted by atomic mass is 9.87. The Hall–Kier alpha value is -1.06. The van der Waals surface area contributed by atoms with Crippen molar-refractivity contribution < 1.29 is 9.59 Å². The van der Waals surface area contributed by atoms with E-state index in [0.29, 0.717) is 19.0 Å². The van der Waals surface area contributed by atoms with Gasteiger partial charge in [0.05, 0.1) is 5.92 Å². The maximum atomic E-state index is 12.3. The minimum atomic E-state index is -0.112. The van der Waals surface area contributed by atoms with E-state index < -0.39 is 0 Å². The number of carbonyl (C=O) groups excluding carboxylic acids is 2. The van der Waals surface area contributed by atoms with Crippen molar-refractivity contribution in [2.45, 2.75) is 76.7 Å². The van der Waals surface area contributed by atoms with Gasteiger partial charge in [-0.1, -0.05) is 44.9 Å². The van der Waals surface area contributed by atoms with E-state index in [1.807, 2.05) is 4.90 Å². The number of likely N-dealkylation sites (tertiary alicyclic amines) is 1. The van der Waals surface area contributed by atoms with Gasteiger partial charge in [-0.05, 0) is 25.2 Å². The SMILES string of the molecule is O=C(NCCC1CCCCC1)[C@H]1CC(=O)N(C2CCCC2)C1. The van der Waals surface area contributed by atoms with Crippen molar-refractivity contribution in [3.63, 3.8) is 0 Å². The minimum Gasteiger partial charge on any atom is -0.356 e. The number of carbonyl (C=O) groups is 2. The first kappa shape index (κ1) is 15.8. The molecule has 124 valence electrons. The molecule has 3 rings (SSSR count). The summed E-state index contributed by atoms with van der Waals surface area (Å²) < 4.78 is 0. The van der Waals surface area contributed by atoms with Crippen LogP contribution in [0.25, 0.3) is 0 Å². The molecule has 2 saturated carbocycles. The van der Waals surface area contributed by atoms with E-state index in [4.69, 9.17) is 0 Å². The molecule has 0 spiro atoms. The lowest BCUT2D eigenvalue weighted by Gasteiger charge is -2.24. The van der Waals surface area contributed by atoms with Gasteiger partial charge in [0, 0.05) is 25.6 Å². The fraction of sp³-hybridized carbons (Fsp3) is 0.889. The van der Waals surface area contributed by atoms with E-state index in [0.717, 1.165) is 31.7 Å². The van der Waals surface area contributed by atoms with Gasteiger partial charge in [0.2, 0.25) is 11.8 Å². The summed E-state index contributed by atoms with van der Waals surface area (Å²) in [4.78, 5) is 26.4. The van der Waals surface area contributed by atoms with E-state index >= 15 is 0 Å². The predicted octanol–water partition coefficient (Wildman–Crippen LogP) is 2.86. The third-order valence-corrected chi connectivity index (χ3v) is 5.87. The van der Waals surface area contributed by atoms with Crippen molar-refractivity contribution in [3.8, 4) is 0 Å². The van der Waals surface area contributed by atoms with Gasteiger partial charge >= 0.3 is 0 Å². The van der Waals surface area contributed by atoms with Gasteiger partial charge < -0.3 is 10.2 Å². The van der Waals surface area contributed by atoms with Crippen LogP contribution in [0.3, 0.4) is 0 Å². The zero-order valence-corrected chi connectivity index (χ0v) is 13.7. The Labute approximate surface area is 134 Å². The summed E-state index contributed by atoms with van der Waals surface area (Å²) in [7, 11) is 0. The molecular weight excluding hydrogens is 276 g/mol. The summed E-state index contributed by atoms with van der Waals surface area (Å²) in [5, 5.41) is 3.09. The summed E-state index contributed by atoms with van der Waals surface area (Å²) in [5.41, 5.74) is 0. The molecular formula is C18H30N2O2. The lowest BCUT2D eigenvalue weighted by Crippen LogP contribution is -2.37. The van der Waals surface area contributed by atoms with Crippen LogP contribution in [-0.2, 0) is 9.59 Å². The van der Waals surface area contributed by atoms with Gasteiger partial charge in [-0.3, -0.25) is 9.59 Å². The van der Waals surface area contributed by atoms with E-state index in [1.54, 1.807) is 0 Å². The van der Waals surface area contributed by atoms with E-state index in [1.165, 1.54) is 44.9 Å². The Bertz CT molecular complexity index is 398. The molecule has 1 saturated heterocycles. The summed E-state index contributed by atoms with van der Waals surface area (Å²) in [5.74, 6) is 0.984. The van der Waals surface area contributed by atoms with Gasteiger partial charge in [-0.15, -0.1) is 0 Å². The molecule has 0 aromatic carbocycles. The highest BCUT2D eigenvalue weighted by Gasteiger charge is 2.38. The van der Waals surface area contributed by atoms with Gasteiger partial charge in [-0.2, -0.15) is 0 Å². The van der Waals surface area contributed by atoms with E-state index in [-0.39, 0.29) is 17.7 Å². The molecule has 1 aliphatic heterocycles. The Morgan fingerprint density at radius 2 is 1.73 bits per heavy atom. The number of amides is 2. The molecule has 22 heavy (non-hydrogen) atoms. The van der Waals surface area contributed by atoms with Crippen molar-refractivity contribution in [3.05, 3.63) is 0 Å². The first-order valence-corrected chi connectivity index (χ1v) is 9.31. The first-order valence-electron chi connectivity index (χ1n) is 9.31. The van der Waals surface area contributed by atoms with Crippen molar-refractivity contribution >= 4 is 11.8 Å². The first-order chi connectivity index (χ1) is 10.7. The number of nitrogens with one attached hydrogen (secondary N) is 1. The maximum Gasteiger partial charge on any atom is 0.225 e. The highest BCUT2D eigenvalue weighted by Crippen LogP contribution is 2.29. The fourth-order valence-electron chi connectivity index (χ4n) is 4.50. The minimum absolute atomic E-state index is 0.102. The van der Waals surface area contributed by atoms with Crippen LogP contribution in [0, 0.1) is 11.8 Å². The van der Waals surface area contributed by atoms with Crippen molar-refractivity contribution in [1.29, 1.82) is 0 Å². The summed E-state index contributed by atoms with van der Waals surface area (Å²) in [6.45, 7) is 1.44.